The zero-order chi connectivity index (χ0) is 15.7. The lowest BCUT2D eigenvalue weighted by molar-refractivity contribution is 0.0979. The minimum Gasteiger partial charge on any atom is -0.397 e. The lowest BCUT2D eigenvalue weighted by Gasteiger charge is -2.22. The minimum atomic E-state index is -0.173. The number of nitrogens with two attached hydrogens (primary N) is 2. The van der Waals surface area contributed by atoms with Crippen LogP contribution in [0, 0.1) is 0 Å². The van der Waals surface area contributed by atoms with Crippen LogP contribution in [0.3, 0.4) is 0 Å². The van der Waals surface area contributed by atoms with E-state index >= 15 is 0 Å². The number of rotatable bonds is 4. The molecule has 2 aromatic rings. The summed E-state index contributed by atoms with van der Waals surface area (Å²) in [5.74, 6) is -0.320. The molecule has 0 aliphatic heterocycles. The molecular weight excluding hydrogens is 314 g/mol. The molecule has 0 amide bonds. The maximum absolute atomic E-state index is 12.8. The first-order valence-electron chi connectivity index (χ1n) is 7.20. The number of ketones is 2. The summed E-state index contributed by atoms with van der Waals surface area (Å²) < 4.78 is 0. The largest absolute Gasteiger partial charge is 0.397 e. The van der Waals surface area contributed by atoms with E-state index in [4.69, 9.17) is 11.5 Å². The van der Waals surface area contributed by atoms with Crippen molar-refractivity contribution in [3.63, 3.8) is 0 Å². The molecule has 0 saturated heterocycles. The minimum absolute atomic E-state index is 0. The molecule has 5 nitrogen and oxygen atoms in total. The highest BCUT2D eigenvalue weighted by atomic mass is 35.5. The maximum Gasteiger partial charge on any atom is 0.196 e. The van der Waals surface area contributed by atoms with E-state index in [2.05, 4.69) is 5.32 Å². The van der Waals surface area contributed by atoms with Gasteiger partial charge >= 0.3 is 0 Å². The molecule has 5 N–H and O–H groups in total. The highest BCUT2D eigenvalue weighted by Crippen LogP contribution is 2.35. The third-order valence-corrected chi connectivity index (χ3v) is 3.81. The van der Waals surface area contributed by atoms with Gasteiger partial charge in [0, 0.05) is 23.2 Å². The van der Waals surface area contributed by atoms with E-state index in [0.717, 1.165) is 6.42 Å². The van der Waals surface area contributed by atoms with Crippen molar-refractivity contribution in [1.29, 1.82) is 0 Å². The number of carbonyl (C=O) groups excluding carboxylic acids is 2. The van der Waals surface area contributed by atoms with Gasteiger partial charge in [0.1, 0.15) is 0 Å². The van der Waals surface area contributed by atoms with Crippen molar-refractivity contribution >= 4 is 35.3 Å². The van der Waals surface area contributed by atoms with Gasteiger partial charge in [0.25, 0.3) is 0 Å². The molecule has 0 bridgehead atoms. The lowest BCUT2D eigenvalue weighted by Crippen LogP contribution is -2.23. The maximum atomic E-state index is 12.8. The third-order valence-electron chi connectivity index (χ3n) is 3.81. The number of hydrogen-bond acceptors (Lipinski definition) is 5. The van der Waals surface area contributed by atoms with Gasteiger partial charge in [-0.2, -0.15) is 0 Å². The molecule has 0 spiro atoms. The fraction of sp³-hybridized carbons (Fsp3) is 0.176. The van der Waals surface area contributed by atoms with E-state index < -0.39 is 0 Å². The first-order chi connectivity index (χ1) is 10.6. The average Bonchev–Trinajstić information content (AvgIpc) is 2.54. The molecule has 0 fully saturated rings. The number of halogens is 1. The number of hydrogen-bond donors (Lipinski definition) is 3. The molecule has 3 rings (SSSR count). The monoisotopic (exact) mass is 331 g/mol. The van der Waals surface area contributed by atoms with Crippen molar-refractivity contribution in [2.45, 2.75) is 6.42 Å². The van der Waals surface area contributed by atoms with Gasteiger partial charge in [0.05, 0.1) is 16.9 Å². The summed E-state index contributed by atoms with van der Waals surface area (Å²) in [6, 6.07) is 10.1. The molecule has 1 aliphatic rings. The van der Waals surface area contributed by atoms with Gasteiger partial charge in [-0.15, -0.1) is 12.4 Å². The molecule has 1 aliphatic carbocycles. The van der Waals surface area contributed by atoms with Gasteiger partial charge in [-0.25, -0.2) is 0 Å². The van der Waals surface area contributed by atoms with Gasteiger partial charge in [-0.05, 0) is 25.1 Å². The standard InChI is InChI=1S/C17H17N3O2.ClH/c18-8-3-9-20-15-13(19)7-6-12-14(15)17(22)11-5-2-1-4-10(11)16(12)21;/h1-2,4-7,20H,3,8-9,18-19H2;1H. The topological polar surface area (TPSA) is 98.2 Å². The van der Waals surface area contributed by atoms with Crippen LogP contribution >= 0.6 is 12.4 Å². The van der Waals surface area contributed by atoms with E-state index in [9.17, 15) is 9.59 Å². The van der Waals surface area contributed by atoms with Crippen LogP contribution in [0.5, 0.6) is 0 Å². The number of benzene rings is 2. The van der Waals surface area contributed by atoms with Crippen molar-refractivity contribution in [3.05, 3.63) is 58.7 Å². The van der Waals surface area contributed by atoms with Crippen LogP contribution in [0.25, 0.3) is 0 Å². The van der Waals surface area contributed by atoms with E-state index in [0.29, 0.717) is 46.7 Å². The van der Waals surface area contributed by atoms with Crippen LogP contribution < -0.4 is 16.8 Å². The van der Waals surface area contributed by atoms with Crippen LogP contribution in [0.2, 0.25) is 0 Å². The fourth-order valence-electron chi connectivity index (χ4n) is 2.71. The second-order valence-corrected chi connectivity index (χ2v) is 5.23. The second-order valence-electron chi connectivity index (χ2n) is 5.23. The van der Waals surface area contributed by atoms with Crippen LogP contribution in [-0.2, 0) is 0 Å². The smallest absolute Gasteiger partial charge is 0.196 e. The molecule has 0 radical (unpaired) electrons. The molecule has 0 saturated carbocycles. The van der Waals surface area contributed by atoms with Gasteiger partial charge in [-0.3, -0.25) is 9.59 Å². The van der Waals surface area contributed by atoms with Gasteiger partial charge in [0.2, 0.25) is 0 Å². The Morgan fingerprint density at radius 1 is 0.913 bits per heavy atom. The number of fused-ring (bicyclic) bond motifs is 2. The lowest BCUT2D eigenvalue weighted by atomic mass is 9.83. The fourth-order valence-corrected chi connectivity index (χ4v) is 2.71. The van der Waals surface area contributed by atoms with Crippen LogP contribution in [0.15, 0.2) is 36.4 Å². The predicted molar refractivity (Wildman–Crippen MR) is 93.6 cm³/mol. The molecule has 0 aromatic heterocycles. The van der Waals surface area contributed by atoms with Crippen molar-refractivity contribution in [2.75, 3.05) is 24.1 Å². The van der Waals surface area contributed by atoms with Crippen LogP contribution in [0.4, 0.5) is 11.4 Å². The summed E-state index contributed by atoms with van der Waals surface area (Å²) >= 11 is 0. The number of nitrogen functional groups attached to an aromatic ring is 1. The van der Waals surface area contributed by atoms with Crippen molar-refractivity contribution in [1.82, 2.24) is 0 Å². The summed E-state index contributed by atoms with van der Waals surface area (Å²) in [7, 11) is 0. The highest BCUT2D eigenvalue weighted by molar-refractivity contribution is 6.30. The molecule has 120 valence electrons. The summed E-state index contributed by atoms with van der Waals surface area (Å²) in [5, 5.41) is 3.15. The quantitative estimate of drug-likeness (QED) is 0.503. The summed E-state index contributed by atoms with van der Waals surface area (Å²) in [6.07, 6.45) is 0.752. The summed E-state index contributed by atoms with van der Waals surface area (Å²) in [4.78, 5) is 25.4. The Morgan fingerprint density at radius 2 is 1.57 bits per heavy atom. The van der Waals surface area contributed by atoms with Gasteiger partial charge in [-0.1, -0.05) is 24.3 Å². The van der Waals surface area contributed by atoms with Gasteiger partial charge in [0.15, 0.2) is 11.6 Å². The first-order valence-corrected chi connectivity index (χ1v) is 7.20. The normalized spacial score (nSPS) is 12.2. The first kappa shape index (κ1) is 17.0. The van der Waals surface area contributed by atoms with E-state index in [-0.39, 0.29) is 24.0 Å². The molecule has 0 atom stereocenters. The van der Waals surface area contributed by atoms with E-state index in [1.165, 1.54) is 0 Å². The molecule has 0 unspecified atom stereocenters. The number of carbonyl (C=O) groups is 2. The second kappa shape index (κ2) is 6.81. The molecule has 6 heteroatoms. The molecular formula is C17H18ClN3O2. The zero-order valence-electron chi connectivity index (χ0n) is 12.5. The summed E-state index contributed by atoms with van der Waals surface area (Å²) in [5.41, 5.74) is 14.1. The third kappa shape index (κ3) is 2.81. The Balaban J connectivity index is 0.00000192. The Morgan fingerprint density at radius 3 is 2.22 bits per heavy atom. The number of anilines is 2. The van der Waals surface area contributed by atoms with E-state index in [1.807, 2.05) is 0 Å². The van der Waals surface area contributed by atoms with Crippen molar-refractivity contribution in [2.24, 2.45) is 5.73 Å². The van der Waals surface area contributed by atoms with Crippen LogP contribution in [0.1, 0.15) is 38.3 Å². The molecule has 23 heavy (non-hydrogen) atoms. The Labute approximate surface area is 140 Å². The van der Waals surface area contributed by atoms with Crippen LogP contribution in [-0.4, -0.2) is 24.7 Å². The number of nitrogens with one attached hydrogen (secondary N) is 1. The van der Waals surface area contributed by atoms with Crippen molar-refractivity contribution in [3.8, 4) is 0 Å². The highest BCUT2D eigenvalue weighted by Gasteiger charge is 2.32. The van der Waals surface area contributed by atoms with Crippen molar-refractivity contribution < 1.29 is 9.59 Å². The predicted octanol–water partition coefficient (Wildman–Crippen LogP) is 2.23. The molecule has 0 heterocycles. The summed E-state index contributed by atoms with van der Waals surface area (Å²) in [6.45, 7) is 1.14. The Kier molecular flexibility index (Phi) is 5.03. The van der Waals surface area contributed by atoms with Gasteiger partial charge < -0.3 is 16.8 Å². The molecule has 2 aromatic carbocycles. The SMILES string of the molecule is Cl.NCCCNc1c(N)ccc2c1C(=O)c1ccccc1C2=O. The van der Waals surface area contributed by atoms with E-state index in [1.54, 1.807) is 36.4 Å². The average molecular weight is 332 g/mol. The Bertz CT molecular complexity index is 774. The Hall–Kier alpha value is -2.37. The zero-order valence-corrected chi connectivity index (χ0v) is 13.3.